The van der Waals surface area contributed by atoms with Gasteiger partial charge in [-0.15, -0.1) is 22.7 Å². The third-order valence-corrected chi connectivity index (χ3v) is 12.9. The minimum Gasteiger partial charge on any atom is -0.310 e. The van der Waals surface area contributed by atoms with E-state index in [1.807, 2.05) is 22.7 Å². The molecular formula is C50H31NS2. The van der Waals surface area contributed by atoms with Crippen LogP contribution in [0.25, 0.3) is 84.1 Å². The van der Waals surface area contributed by atoms with Crippen molar-refractivity contribution in [1.82, 2.24) is 0 Å². The lowest BCUT2D eigenvalue weighted by Crippen LogP contribution is -2.09. The molecule has 53 heavy (non-hydrogen) atoms. The van der Waals surface area contributed by atoms with Gasteiger partial charge < -0.3 is 4.90 Å². The van der Waals surface area contributed by atoms with E-state index >= 15 is 0 Å². The van der Waals surface area contributed by atoms with Gasteiger partial charge in [-0.1, -0.05) is 115 Å². The van der Waals surface area contributed by atoms with Crippen molar-refractivity contribution in [3.63, 3.8) is 0 Å². The molecule has 0 aliphatic heterocycles. The summed E-state index contributed by atoms with van der Waals surface area (Å²) in [5.41, 5.74) is 8.40. The number of nitrogens with zero attached hydrogens (tertiary/aromatic N) is 1. The smallest absolute Gasteiger partial charge is 0.0468 e. The van der Waals surface area contributed by atoms with Crippen LogP contribution < -0.4 is 4.90 Å². The maximum absolute atomic E-state index is 2.43. The van der Waals surface area contributed by atoms with E-state index in [4.69, 9.17) is 0 Å². The first-order chi connectivity index (χ1) is 26.2. The van der Waals surface area contributed by atoms with Gasteiger partial charge in [-0.25, -0.2) is 0 Å². The Balaban J connectivity index is 1.10. The highest BCUT2D eigenvalue weighted by atomic mass is 32.1. The molecule has 0 saturated heterocycles. The maximum atomic E-state index is 2.43. The van der Waals surface area contributed by atoms with Gasteiger partial charge in [0, 0.05) is 57.4 Å². The number of para-hydroxylation sites is 1. The highest BCUT2D eigenvalue weighted by Gasteiger charge is 2.19. The van der Waals surface area contributed by atoms with Crippen molar-refractivity contribution >= 4 is 102 Å². The van der Waals surface area contributed by atoms with Gasteiger partial charge in [0.25, 0.3) is 0 Å². The van der Waals surface area contributed by atoms with Crippen LogP contribution in [0.2, 0.25) is 0 Å². The van der Waals surface area contributed by atoms with Gasteiger partial charge in [0.05, 0.1) is 0 Å². The fourth-order valence-corrected chi connectivity index (χ4v) is 10.3. The van der Waals surface area contributed by atoms with Crippen molar-refractivity contribution in [3.05, 3.63) is 188 Å². The van der Waals surface area contributed by atoms with Gasteiger partial charge >= 0.3 is 0 Å². The zero-order chi connectivity index (χ0) is 34.9. The molecule has 0 unspecified atom stereocenters. The van der Waals surface area contributed by atoms with E-state index in [9.17, 15) is 0 Å². The normalized spacial score (nSPS) is 11.8. The van der Waals surface area contributed by atoms with E-state index in [2.05, 4.69) is 193 Å². The van der Waals surface area contributed by atoms with E-state index < -0.39 is 0 Å². The predicted octanol–water partition coefficient (Wildman–Crippen LogP) is 15.5. The van der Waals surface area contributed by atoms with Crippen LogP contribution in [0.3, 0.4) is 0 Å². The molecule has 0 aliphatic carbocycles. The molecule has 0 amide bonds. The molecule has 248 valence electrons. The summed E-state index contributed by atoms with van der Waals surface area (Å²) < 4.78 is 5.27. The van der Waals surface area contributed by atoms with E-state index in [1.54, 1.807) is 0 Å². The Morgan fingerprint density at radius 1 is 0.302 bits per heavy atom. The van der Waals surface area contributed by atoms with E-state index in [0.717, 1.165) is 17.1 Å². The first-order valence-electron chi connectivity index (χ1n) is 18.0. The lowest BCUT2D eigenvalue weighted by atomic mass is 9.92. The van der Waals surface area contributed by atoms with Gasteiger partial charge in [-0.05, 0) is 117 Å². The first kappa shape index (κ1) is 30.4. The topological polar surface area (TPSA) is 3.24 Å². The van der Waals surface area contributed by atoms with Crippen molar-refractivity contribution in [2.75, 3.05) is 4.90 Å². The quantitative estimate of drug-likeness (QED) is 0.172. The molecule has 1 nitrogen and oxygen atoms in total. The Bertz CT molecular complexity index is 3170. The maximum Gasteiger partial charge on any atom is 0.0468 e. The van der Waals surface area contributed by atoms with Crippen molar-refractivity contribution in [2.45, 2.75) is 0 Å². The average Bonchev–Trinajstić information content (AvgIpc) is 3.78. The summed E-state index contributed by atoms with van der Waals surface area (Å²) in [5.74, 6) is 0. The number of hydrogen-bond acceptors (Lipinski definition) is 3. The van der Waals surface area contributed by atoms with Crippen LogP contribution in [0.1, 0.15) is 0 Å². The van der Waals surface area contributed by atoms with Crippen LogP contribution in [0.5, 0.6) is 0 Å². The molecule has 2 aromatic heterocycles. The lowest BCUT2D eigenvalue weighted by molar-refractivity contribution is 1.29. The Kier molecular flexibility index (Phi) is 6.97. The average molecular weight is 710 g/mol. The van der Waals surface area contributed by atoms with E-state index in [0.29, 0.717) is 0 Å². The summed E-state index contributed by atoms with van der Waals surface area (Å²) in [6.07, 6.45) is 0. The van der Waals surface area contributed by atoms with Crippen LogP contribution in [0.4, 0.5) is 17.1 Å². The zero-order valence-electron chi connectivity index (χ0n) is 28.7. The standard InChI is InChI=1S/C50H31NS2/c1-2-13-38(14-3-1)51(39-23-20-33(21-24-39)35-19-18-32-10-4-5-11-34(32)28-35)40-25-27-47-44(31-40)50-48(53-47)30-36-12-6-7-15-41(36)49(50)37-22-26-46-43(29-37)42-16-8-9-17-45(42)52-46/h1-31H. The fraction of sp³-hybridized carbons (Fsp3) is 0. The van der Waals surface area contributed by atoms with Crippen molar-refractivity contribution in [2.24, 2.45) is 0 Å². The molecule has 0 spiro atoms. The number of hydrogen-bond donors (Lipinski definition) is 0. The number of rotatable bonds is 5. The predicted molar refractivity (Wildman–Crippen MR) is 233 cm³/mol. The number of anilines is 3. The van der Waals surface area contributed by atoms with Crippen LogP contribution in [-0.2, 0) is 0 Å². The highest BCUT2D eigenvalue weighted by Crippen LogP contribution is 2.48. The van der Waals surface area contributed by atoms with Gasteiger partial charge in [0.1, 0.15) is 0 Å². The van der Waals surface area contributed by atoms with Gasteiger partial charge in [-0.2, -0.15) is 0 Å². The van der Waals surface area contributed by atoms with Crippen molar-refractivity contribution < 1.29 is 0 Å². The van der Waals surface area contributed by atoms with Gasteiger partial charge in [0.2, 0.25) is 0 Å². The Labute approximate surface area is 315 Å². The third-order valence-electron chi connectivity index (χ3n) is 10.6. The van der Waals surface area contributed by atoms with Crippen LogP contribution in [-0.4, -0.2) is 0 Å². The van der Waals surface area contributed by atoms with E-state index in [-0.39, 0.29) is 0 Å². The molecule has 11 rings (SSSR count). The molecule has 0 atom stereocenters. The molecule has 9 aromatic carbocycles. The molecule has 0 saturated carbocycles. The first-order valence-corrected chi connectivity index (χ1v) is 19.6. The number of fused-ring (bicyclic) bond motifs is 8. The Hall–Kier alpha value is -6.26. The van der Waals surface area contributed by atoms with Crippen molar-refractivity contribution in [3.8, 4) is 22.3 Å². The monoisotopic (exact) mass is 709 g/mol. The summed E-state index contributed by atoms with van der Waals surface area (Å²) in [4.78, 5) is 2.39. The van der Waals surface area contributed by atoms with Crippen molar-refractivity contribution in [1.29, 1.82) is 0 Å². The molecule has 11 aromatic rings. The molecule has 3 heteroatoms. The highest BCUT2D eigenvalue weighted by molar-refractivity contribution is 7.26. The van der Waals surface area contributed by atoms with Crippen LogP contribution in [0, 0.1) is 0 Å². The third kappa shape index (κ3) is 5.04. The molecule has 0 fully saturated rings. The molecule has 2 heterocycles. The second-order valence-electron chi connectivity index (χ2n) is 13.7. The second kappa shape index (κ2) is 12.2. The summed E-state index contributed by atoms with van der Waals surface area (Å²) >= 11 is 3.76. The van der Waals surface area contributed by atoms with Gasteiger partial charge in [-0.3, -0.25) is 0 Å². The van der Waals surface area contributed by atoms with E-state index in [1.165, 1.54) is 84.1 Å². The minimum absolute atomic E-state index is 1.13. The number of benzene rings is 9. The Morgan fingerprint density at radius 3 is 1.77 bits per heavy atom. The van der Waals surface area contributed by atoms with Crippen LogP contribution >= 0.6 is 22.7 Å². The SMILES string of the molecule is c1ccc(N(c2ccc(-c3ccc4ccccc4c3)cc2)c2ccc3sc4cc5ccccc5c(-c5ccc6sc7ccccc7c6c5)c4c3c2)cc1. The molecular weight excluding hydrogens is 679 g/mol. The summed E-state index contributed by atoms with van der Waals surface area (Å²) in [6.45, 7) is 0. The number of thiophene rings is 2. The largest absolute Gasteiger partial charge is 0.310 e. The Morgan fingerprint density at radius 2 is 0.906 bits per heavy atom. The molecule has 0 aliphatic rings. The molecule has 0 N–H and O–H groups in total. The summed E-state index contributed by atoms with van der Waals surface area (Å²) in [7, 11) is 0. The summed E-state index contributed by atoms with van der Waals surface area (Å²) in [6, 6.07) is 69.2. The lowest BCUT2D eigenvalue weighted by Gasteiger charge is -2.26. The minimum atomic E-state index is 1.13. The fourth-order valence-electron chi connectivity index (χ4n) is 8.11. The molecule has 0 radical (unpaired) electrons. The summed E-state index contributed by atoms with van der Waals surface area (Å²) in [5, 5.41) is 10.3. The van der Waals surface area contributed by atoms with Gasteiger partial charge in [0.15, 0.2) is 0 Å². The second-order valence-corrected chi connectivity index (χ2v) is 15.9. The molecule has 0 bridgehead atoms. The zero-order valence-corrected chi connectivity index (χ0v) is 30.3. The van der Waals surface area contributed by atoms with Crippen LogP contribution in [0.15, 0.2) is 188 Å².